The summed E-state index contributed by atoms with van der Waals surface area (Å²) in [6.07, 6.45) is 0.204. The molecule has 7 heteroatoms. The Labute approximate surface area is 150 Å². The van der Waals surface area contributed by atoms with Gasteiger partial charge in [-0.2, -0.15) is 5.10 Å². The van der Waals surface area contributed by atoms with Crippen molar-refractivity contribution >= 4 is 11.6 Å². The number of ether oxygens (including phenoxy) is 1. The van der Waals surface area contributed by atoms with Crippen LogP contribution in [0.5, 0.6) is 5.75 Å². The van der Waals surface area contributed by atoms with Gasteiger partial charge in [0.2, 0.25) is 0 Å². The maximum atomic E-state index is 6.45. The molecule has 1 aliphatic heterocycles. The predicted octanol–water partition coefficient (Wildman–Crippen LogP) is 3.30. The van der Waals surface area contributed by atoms with Gasteiger partial charge < -0.3 is 9.26 Å². The quantitative estimate of drug-likeness (QED) is 0.700. The SMILES string of the molecule is Cc1cc(-c2nn(C)c(Cl)c2CN2CC(Oc3ccccc3)C2)no1. The molecule has 4 rings (SSSR count). The number of aromatic nitrogens is 3. The van der Waals surface area contributed by atoms with Crippen molar-refractivity contribution in [2.75, 3.05) is 13.1 Å². The number of para-hydroxylation sites is 1. The molecule has 0 atom stereocenters. The van der Waals surface area contributed by atoms with Crippen LogP contribution in [0.1, 0.15) is 11.3 Å². The molecule has 0 bridgehead atoms. The molecule has 0 saturated carbocycles. The number of hydrogen-bond acceptors (Lipinski definition) is 5. The largest absolute Gasteiger partial charge is 0.488 e. The molecule has 6 nitrogen and oxygen atoms in total. The third kappa shape index (κ3) is 3.27. The third-order valence-corrected chi connectivity index (χ3v) is 4.76. The predicted molar refractivity (Wildman–Crippen MR) is 94.6 cm³/mol. The van der Waals surface area contributed by atoms with Crippen molar-refractivity contribution in [2.24, 2.45) is 7.05 Å². The van der Waals surface area contributed by atoms with E-state index in [2.05, 4.69) is 15.2 Å². The summed E-state index contributed by atoms with van der Waals surface area (Å²) in [6, 6.07) is 11.8. The second kappa shape index (κ2) is 6.54. The van der Waals surface area contributed by atoms with Crippen molar-refractivity contribution in [2.45, 2.75) is 19.6 Å². The highest BCUT2D eigenvalue weighted by Crippen LogP contribution is 2.30. The van der Waals surface area contributed by atoms with Crippen LogP contribution in [0.15, 0.2) is 40.9 Å². The summed E-state index contributed by atoms with van der Waals surface area (Å²) in [4.78, 5) is 2.28. The zero-order valence-electron chi connectivity index (χ0n) is 14.1. The molecule has 0 N–H and O–H groups in total. The lowest BCUT2D eigenvalue weighted by atomic mass is 10.1. The Hall–Kier alpha value is -2.31. The van der Waals surface area contributed by atoms with Crippen molar-refractivity contribution in [3.05, 3.63) is 52.9 Å². The molecule has 3 heterocycles. The minimum atomic E-state index is 0.204. The summed E-state index contributed by atoms with van der Waals surface area (Å²) >= 11 is 6.45. The molecule has 1 saturated heterocycles. The second-order valence-electron chi connectivity index (χ2n) is 6.31. The molecule has 2 aromatic heterocycles. The van der Waals surface area contributed by atoms with E-state index < -0.39 is 0 Å². The van der Waals surface area contributed by atoms with E-state index in [4.69, 9.17) is 20.9 Å². The second-order valence-corrected chi connectivity index (χ2v) is 6.67. The highest BCUT2D eigenvalue weighted by atomic mass is 35.5. The third-order valence-electron chi connectivity index (χ3n) is 4.29. The molecule has 1 fully saturated rings. The number of aryl methyl sites for hydroxylation is 2. The molecule has 0 amide bonds. The first-order valence-electron chi connectivity index (χ1n) is 8.19. The van der Waals surface area contributed by atoms with E-state index >= 15 is 0 Å². The summed E-state index contributed by atoms with van der Waals surface area (Å²) in [5, 5.41) is 9.19. The summed E-state index contributed by atoms with van der Waals surface area (Å²) in [7, 11) is 1.83. The summed E-state index contributed by atoms with van der Waals surface area (Å²) in [6.45, 7) is 4.29. The molecule has 0 spiro atoms. The summed E-state index contributed by atoms with van der Waals surface area (Å²) < 4.78 is 12.8. The topological polar surface area (TPSA) is 56.3 Å². The van der Waals surface area contributed by atoms with Crippen molar-refractivity contribution in [1.82, 2.24) is 19.8 Å². The van der Waals surface area contributed by atoms with Crippen LogP contribution in [-0.4, -0.2) is 39.0 Å². The summed E-state index contributed by atoms with van der Waals surface area (Å²) in [5.74, 6) is 1.66. The Kier molecular flexibility index (Phi) is 4.23. The molecule has 0 aliphatic carbocycles. The Morgan fingerprint density at radius 2 is 2.04 bits per heavy atom. The monoisotopic (exact) mass is 358 g/mol. The van der Waals surface area contributed by atoms with Crippen LogP contribution in [0.25, 0.3) is 11.4 Å². The van der Waals surface area contributed by atoms with Crippen LogP contribution < -0.4 is 4.74 Å². The molecule has 0 radical (unpaired) electrons. The zero-order chi connectivity index (χ0) is 17.4. The van der Waals surface area contributed by atoms with E-state index in [1.165, 1.54) is 0 Å². The van der Waals surface area contributed by atoms with Gasteiger partial charge in [-0.15, -0.1) is 0 Å². The standard InChI is InChI=1S/C18H19ClN4O2/c1-12-8-16(21-25-12)17-15(18(19)22(2)20-17)11-23-9-14(10-23)24-13-6-4-3-5-7-13/h3-8,14H,9-11H2,1-2H3. The minimum absolute atomic E-state index is 0.204. The van der Waals surface area contributed by atoms with Gasteiger partial charge in [0.1, 0.15) is 34.2 Å². The molecule has 1 aliphatic rings. The zero-order valence-corrected chi connectivity index (χ0v) is 14.9. The van der Waals surface area contributed by atoms with Crippen LogP contribution in [0, 0.1) is 6.92 Å². The number of benzene rings is 1. The molecule has 130 valence electrons. The van der Waals surface area contributed by atoms with E-state index in [9.17, 15) is 0 Å². The van der Waals surface area contributed by atoms with Gasteiger partial charge in [0.05, 0.1) is 0 Å². The van der Waals surface area contributed by atoms with Crippen molar-refractivity contribution < 1.29 is 9.26 Å². The van der Waals surface area contributed by atoms with E-state index in [-0.39, 0.29) is 6.10 Å². The van der Waals surface area contributed by atoms with Gasteiger partial charge in [0, 0.05) is 38.3 Å². The highest BCUT2D eigenvalue weighted by molar-refractivity contribution is 6.30. The fourth-order valence-corrected chi connectivity index (χ4v) is 3.20. The Morgan fingerprint density at radius 3 is 2.72 bits per heavy atom. The van der Waals surface area contributed by atoms with Crippen molar-refractivity contribution in [3.8, 4) is 17.1 Å². The van der Waals surface area contributed by atoms with E-state index in [1.54, 1.807) is 4.68 Å². The minimum Gasteiger partial charge on any atom is -0.488 e. The Bertz CT molecular complexity index is 869. The average Bonchev–Trinajstić information content (AvgIpc) is 3.12. The number of rotatable bonds is 5. The average molecular weight is 359 g/mol. The lowest BCUT2D eigenvalue weighted by Crippen LogP contribution is -2.53. The fraction of sp³-hybridized carbons (Fsp3) is 0.333. The molecule has 3 aromatic rings. The number of halogens is 1. The van der Waals surface area contributed by atoms with E-state index in [1.807, 2.05) is 50.4 Å². The van der Waals surface area contributed by atoms with Crippen LogP contribution in [0.4, 0.5) is 0 Å². The van der Waals surface area contributed by atoms with Crippen LogP contribution in [-0.2, 0) is 13.6 Å². The lowest BCUT2D eigenvalue weighted by molar-refractivity contribution is 0.0147. The van der Waals surface area contributed by atoms with Gasteiger partial charge in [-0.3, -0.25) is 9.58 Å². The molecule has 25 heavy (non-hydrogen) atoms. The van der Waals surface area contributed by atoms with Crippen LogP contribution >= 0.6 is 11.6 Å². The maximum absolute atomic E-state index is 6.45. The Morgan fingerprint density at radius 1 is 1.28 bits per heavy atom. The van der Waals surface area contributed by atoms with Gasteiger partial charge in [-0.25, -0.2) is 0 Å². The first kappa shape index (κ1) is 16.2. The fourth-order valence-electron chi connectivity index (χ4n) is 3.01. The van der Waals surface area contributed by atoms with Gasteiger partial charge in [0.15, 0.2) is 0 Å². The van der Waals surface area contributed by atoms with Gasteiger partial charge in [-0.05, 0) is 19.1 Å². The smallest absolute Gasteiger partial charge is 0.134 e. The molecule has 1 aromatic carbocycles. The normalized spacial score (nSPS) is 15.3. The van der Waals surface area contributed by atoms with Crippen LogP contribution in [0.2, 0.25) is 5.15 Å². The number of nitrogens with zero attached hydrogens (tertiary/aromatic N) is 4. The first-order chi connectivity index (χ1) is 12.1. The molecular formula is C18H19ClN4O2. The molecule has 0 unspecified atom stereocenters. The summed E-state index contributed by atoms with van der Waals surface area (Å²) in [5.41, 5.74) is 2.46. The van der Waals surface area contributed by atoms with Crippen molar-refractivity contribution in [3.63, 3.8) is 0 Å². The number of hydrogen-bond donors (Lipinski definition) is 0. The number of likely N-dealkylation sites (tertiary alicyclic amines) is 1. The van der Waals surface area contributed by atoms with Gasteiger partial charge in [-0.1, -0.05) is 35.0 Å². The van der Waals surface area contributed by atoms with Crippen molar-refractivity contribution in [1.29, 1.82) is 0 Å². The van der Waals surface area contributed by atoms with Gasteiger partial charge in [0.25, 0.3) is 0 Å². The van der Waals surface area contributed by atoms with E-state index in [0.29, 0.717) is 17.4 Å². The maximum Gasteiger partial charge on any atom is 0.134 e. The van der Waals surface area contributed by atoms with E-state index in [0.717, 1.165) is 35.9 Å². The van der Waals surface area contributed by atoms with Gasteiger partial charge >= 0.3 is 0 Å². The lowest BCUT2D eigenvalue weighted by Gasteiger charge is -2.39. The Balaban J connectivity index is 1.44. The first-order valence-corrected chi connectivity index (χ1v) is 8.57. The highest BCUT2D eigenvalue weighted by Gasteiger charge is 2.31. The van der Waals surface area contributed by atoms with Crippen LogP contribution in [0.3, 0.4) is 0 Å². The molecular weight excluding hydrogens is 340 g/mol.